The number of carbonyl (C=O) groups is 1. The predicted octanol–water partition coefficient (Wildman–Crippen LogP) is 2.94. The number of amides is 1. The molecule has 1 aromatic heterocycles. The topological polar surface area (TPSA) is 80.0 Å². The second-order valence-corrected chi connectivity index (χ2v) is 5.92. The summed E-state index contributed by atoms with van der Waals surface area (Å²) in [5.74, 6) is -0.304. The van der Waals surface area contributed by atoms with Gasteiger partial charge >= 0.3 is 0 Å². The summed E-state index contributed by atoms with van der Waals surface area (Å²) in [6.45, 7) is 4.09. The second kappa shape index (κ2) is 7.27. The van der Waals surface area contributed by atoms with Crippen molar-refractivity contribution in [1.29, 1.82) is 0 Å². The van der Waals surface area contributed by atoms with Gasteiger partial charge in [-0.2, -0.15) is 0 Å². The highest BCUT2D eigenvalue weighted by Gasteiger charge is 2.17. The molecule has 0 aliphatic carbocycles. The van der Waals surface area contributed by atoms with Crippen molar-refractivity contribution in [1.82, 2.24) is 15.0 Å². The molecule has 6 nitrogen and oxygen atoms in total. The number of aliphatic hydroxyl groups excluding tert-OH is 1. The largest absolute Gasteiger partial charge is 0.389 e. The molecule has 1 atom stereocenters. The van der Waals surface area contributed by atoms with Gasteiger partial charge in [-0.05, 0) is 37.1 Å². The van der Waals surface area contributed by atoms with E-state index in [1.807, 2.05) is 37.3 Å². The van der Waals surface area contributed by atoms with Crippen molar-refractivity contribution in [2.24, 2.45) is 0 Å². The van der Waals surface area contributed by atoms with E-state index in [9.17, 15) is 9.90 Å². The molecule has 2 aromatic carbocycles. The van der Waals surface area contributed by atoms with Gasteiger partial charge in [0.2, 0.25) is 0 Å². The lowest BCUT2D eigenvalue weighted by atomic mass is 10.1. The van der Waals surface area contributed by atoms with Crippen LogP contribution in [-0.2, 0) is 6.54 Å². The van der Waals surface area contributed by atoms with E-state index in [4.69, 9.17) is 0 Å². The lowest BCUT2D eigenvalue weighted by Gasteiger charge is -2.07. The fourth-order valence-corrected chi connectivity index (χ4v) is 2.51. The number of aliphatic hydroxyl groups is 1. The molecule has 2 N–H and O–H groups in total. The minimum atomic E-state index is -0.537. The van der Waals surface area contributed by atoms with Crippen LogP contribution in [0.15, 0.2) is 54.6 Å². The van der Waals surface area contributed by atoms with Crippen molar-refractivity contribution in [3.05, 3.63) is 77.1 Å². The van der Waals surface area contributed by atoms with Gasteiger partial charge in [0.25, 0.3) is 5.91 Å². The summed E-state index contributed by atoms with van der Waals surface area (Å²) in [5.41, 5.74) is 3.54. The molecule has 0 saturated carbocycles. The van der Waals surface area contributed by atoms with E-state index in [0.29, 0.717) is 23.6 Å². The van der Waals surface area contributed by atoms with Gasteiger partial charge in [0.15, 0.2) is 5.69 Å². The lowest BCUT2D eigenvalue weighted by Crippen LogP contribution is -2.14. The first kappa shape index (κ1) is 16.9. The summed E-state index contributed by atoms with van der Waals surface area (Å²) in [7, 11) is 0. The predicted molar refractivity (Wildman–Crippen MR) is 95.3 cm³/mol. The molecule has 0 aliphatic rings. The quantitative estimate of drug-likeness (QED) is 0.751. The maximum Gasteiger partial charge on any atom is 0.278 e. The summed E-state index contributed by atoms with van der Waals surface area (Å²) in [4.78, 5) is 12.4. The number of benzene rings is 2. The van der Waals surface area contributed by atoms with Crippen molar-refractivity contribution in [2.45, 2.75) is 26.5 Å². The summed E-state index contributed by atoms with van der Waals surface area (Å²) in [5, 5.41) is 20.4. The average molecular weight is 336 g/mol. The molecule has 128 valence electrons. The van der Waals surface area contributed by atoms with Gasteiger partial charge < -0.3 is 10.4 Å². The van der Waals surface area contributed by atoms with Crippen LogP contribution >= 0.6 is 0 Å². The van der Waals surface area contributed by atoms with Crippen LogP contribution in [0.25, 0.3) is 0 Å². The third kappa shape index (κ3) is 3.92. The van der Waals surface area contributed by atoms with Crippen LogP contribution in [0.3, 0.4) is 0 Å². The summed E-state index contributed by atoms with van der Waals surface area (Å²) < 4.78 is 1.71. The van der Waals surface area contributed by atoms with Gasteiger partial charge in [0.05, 0.1) is 18.3 Å². The molecule has 0 fully saturated rings. The molecule has 3 aromatic rings. The van der Waals surface area contributed by atoms with Crippen LogP contribution < -0.4 is 5.32 Å². The van der Waals surface area contributed by atoms with Crippen molar-refractivity contribution in [3.8, 4) is 0 Å². The van der Waals surface area contributed by atoms with Gasteiger partial charge in [-0.1, -0.05) is 47.7 Å². The van der Waals surface area contributed by atoms with Gasteiger partial charge in [0.1, 0.15) is 0 Å². The number of carbonyl (C=O) groups excluding carboxylic acids is 1. The first-order valence-corrected chi connectivity index (χ1v) is 8.08. The Morgan fingerprint density at radius 3 is 2.48 bits per heavy atom. The van der Waals surface area contributed by atoms with Gasteiger partial charge in [0, 0.05) is 5.69 Å². The highest BCUT2D eigenvalue weighted by molar-refractivity contribution is 6.03. The van der Waals surface area contributed by atoms with Crippen LogP contribution in [0.1, 0.15) is 40.3 Å². The van der Waals surface area contributed by atoms with E-state index in [1.165, 1.54) is 0 Å². The van der Waals surface area contributed by atoms with Crippen molar-refractivity contribution in [3.63, 3.8) is 0 Å². The second-order valence-electron chi connectivity index (χ2n) is 5.92. The lowest BCUT2D eigenvalue weighted by molar-refractivity contribution is 0.102. The molecule has 0 bridgehead atoms. The van der Waals surface area contributed by atoms with E-state index in [-0.39, 0.29) is 5.91 Å². The number of hydrogen-bond donors (Lipinski definition) is 2. The van der Waals surface area contributed by atoms with E-state index in [2.05, 4.69) is 15.6 Å². The molecule has 0 spiro atoms. The maximum absolute atomic E-state index is 12.4. The Labute approximate surface area is 146 Å². The molecule has 1 heterocycles. The first-order valence-electron chi connectivity index (χ1n) is 8.08. The van der Waals surface area contributed by atoms with Crippen molar-refractivity contribution >= 4 is 11.6 Å². The molecular formula is C19H20N4O2. The third-order valence-corrected chi connectivity index (χ3v) is 4.02. The fraction of sp³-hybridized carbons (Fsp3) is 0.211. The van der Waals surface area contributed by atoms with Crippen LogP contribution in [0.2, 0.25) is 0 Å². The number of aromatic nitrogens is 3. The zero-order valence-corrected chi connectivity index (χ0v) is 14.2. The van der Waals surface area contributed by atoms with Crippen LogP contribution in [-0.4, -0.2) is 26.0 Å². The number of anilines is 1. The third-order valence-electron chi connectivity index (χ3n) is 4.02. The van der Waals surface area contributed by atoms with E-state index in [0.717, 1.165) is 11.1 Å². The highest BCUT2D eigenvalue weighted by Crippen LogP contribution is 2.17. The van der Waals surface area contributed by atoms with Gasteiger partial charge in [-0.3, -0.25) is 4.79 Å². The molecule has 3 rings (SSSR count). The molecule has 0 aliphatic heterocycles. The monoisotopic (exact) mass is 336 g/mol. The average Bonchev–Trinajstić information content (AvgIpc) is 2.97. The number of nitrogens with zero attached hydrogens (tertiary/aromatic N) is 3. The van der Waals surface area contributed by atoms with Crippen LogP contribution in [0.4, 0.5) is 5.69 Å². The van der Waals surface area contributed by atoms with E-state index in [1.54, 1.807) is 35.9 Å². The standard InChI is InChI=1S/C19H20N4O2/c1-13-18(21-22-23(13)12-15-6-4-3-5-7-15)19(25)20-17-10-8-16(9-11-17)14(2)24/h3-11,14,24H,12H2,1-2H3,(H,20,25). The summed E-state index contributed by atoms with van der Waals surface area (Å²) in [6, 6.07) is 17.0. The summed E-state index contributed by atoms with van der Waals surface area (Å²) >= 11 is 0. The minimum absolute atomic E-state index is 0.301. The van der Waals surface area contributed by atoms with Gasteiger partial charge in [-0.15, -0.1) is 5.10 Å². The van der Waals surface area contributed by atoms with Crippen LogP contribution in [0.5, 0.6) is 0 Å². The Morgan fingerprint density at radius 2 is 1.84 bits per heavy atom. The number of nitrogens with one attached hydrogen (secondary N) is 1. The Bertz CT molecular complexity index is 855. The van der Waals surface area contributed by atoms with Crippen molar-refractivity contribution in [2.75, 3.05) is 5.32 Å². The first-order chi connectivity index (χ1) is 12.0. The Kier molecular flexibility index (Phi) is 4.90. The molecule has 25 heavy (non-hydrogen) atoms. The Balaban J connectivity index is 1.72. The van der Waals surface area contributed by atoms with E-state index < -0.39 is 6.10 Å². The van der Waals surface area contributed by atoms with Crippen LogP contribution in [0, 0.1) is 6.92 Å². The zero-order valence-electron chi connectivity index (χ0n) is 14.2. The smallest absolute Gasteiger partial charge is 0.278 e. The maximum atomic E-state index is 12.4. The number of hydrogen-bond acceptors (Lipinski definition) is 4. The Morgan fingerprint density at radius 1 is 1.16 bits per heavy atom. The van der Waals surface area contributed by atoms with E-state index >= 15 is 0 Å². The minimum Gasteiger partial charge on any atom is -0.389 e. The summed E-state index contributed by atoms with van der Waals surface area (Å²) in [6.07, 6.45) is -0.537. The van der Waals surface area contributed by atoms with Crippen molar-refractivity contribution < 1.29 is 9.90 Å². The Hall–Kier alpha value is -2.99. The normalized spacial score (nSPS) is 12.0. The molecule has 0 saturated heterocycles. The fourth-order valence-electron chi connectivity index (χ4n) is 2.51. The SMILES string of the molecule is Cc1c(C(=O)Nc2ccc(C(C)O)cc2)nnn1Cc1ccccc1. The van der Waals surface area contributed by atoms with Gasteiger partial charge in [-0.25, -0.2) is 4.68 Å². The molecule has 6 heteroatoms. The molecule has 1 unspecified atom stereocenters. The molecule has 0 radical (unpaired) electrons. The number of rotatable bonds is 5. The molecule has 1 amide bonds. The molecular weight excluding hydrogens is 316 g/mol. The zero-order chi connectivity index (χ0) is 17.8. The highest BCUT2D eigenvalue weighted by atomic mass is 16.3.